The van der Waals surface area contributed by atoms with Gasteiger partial charge in [-0.15, -0.1) is 0 Å². The predicted molar refractivity (Wildman–Crippen MR) is 64.4 cm³/mol. The summed E-state index contributed by atoms with van der Waals surface area (Å²) in [5, 5.41) is 4.70. The molecule has 0 saturated heterocycles. The minimum Gasteiger partial charge on any atom is -0.256 e. The first-order valence-electron chi connectivity index (χ1n) is 4.28. The van der Waals surface area contributed by atoms with E-state index in [-0.39, 0.29) is 0 Å². The van der Waals surface area contributed by atoms with E-state index in [1.807, 2.05) is 43.5 Å². The summed E-state index contributed by atoms with van der Waals surface area (Å²) in [5.74, 6) is 0. The predicted octanol–water partition coefficient (Wildman–Crippen LogP) is 2.63. The molecule has 0 aliphatic carbocycles. The summed E-state index contributed by atoms with van der Waals surface area (Å²) in [6, 6.07) is 9.79. The van der Waals surface area contributed by atoms with Gasteiger partial charge in [0.25, 0.3) is 0 Å². The summed E-state index contributed by atoms with van der Waals surface area (Å²) in [7, 11) is 0. The molecule has 1 N–H and O–H groups in total. The molecule has 1 rings (SSSR count). The number of para-hydroxylation sites is 1. The molecule has 0 saturated carbocycles. The van der Waals surface area contributed by atoms with E-state index in [1.54, 1.807) is 6.21 Å². The molecule has 4 heteroatoms. The van der Waals surface area contributed by atoms with E-state index < -0.39 is 0 Å². The third-order valence-corrected chi connectivity index (χ3v) is 2.04. The molecule has 0 radical (unpaired) electrons. The molecule has 0 aliphatic rings. The van der Waals surface area contributed by atoms with E-state index in [2.05, 4.69) is 15.5 Å². The van der Waals surface area contributed by atoms with Gasteiger partial charge in [0.15, 0.2) is 5.17 Å². The van der Waals surface area contributed by atoms with Crippen LogP contribution in [0.3, 0.4) is 0 Å². The van der Waals surface area contributed by atoms with Gasteiger partial charge in [-0.1, -0.05) is 30.0 Å². The summed E-state index contributed by atoms with van der Waals surface area (Å²) < 4.78 is 0. The highest BCUT2D eigenvalue weighted by Gasteiger charge is 1.93. The molecule has 1 aromatic rings. The third-order valence-electron chi connectivity index (χ3n) is 1.47. The minimum atomic E-state index is 0.786. The number of amidine groups is 1. The second-order valence-corrected chi connectivity index (χ2v) is 3.25. The lowest BCUT2D eigenvalue weighted by atomic mass is 10.3. The molecular weight excluding hydrogens is 194 g/mol. The second kappa shape index (κ2) is 6.21. The molecular formula is C10H13N3S. The first-order chi connectivity index (χ1) is 6.86. The summed E-state index contributed by atoms with van der Waals surface area (Å²) in [6.45, 7) is 1.85. The van der Waals surface area contributed by atoms with Crippen molar-refractivity contribution < 1.29 is 0 Å². The van der Waals surface area contributed by atoms with Crippen LogP contribution in [0.4, 0.5) is 5.69 Å². The first kappa shape index (κ1) is 10.8. The molecule has 0 amide bonds. The molecule has 0 fully saturated rings. The Bertz CT molecular complexity index is 319. The quantitative estimate of drug-likeness (QED) is 0.460. The Morgan fingerprint density at radius 2 is 2.07 bits per heavy atom. The van der Waals surface area contributed by atoms with Crippen LogP contribution in [-0.4, -0.2) is 17.6 Å². The summed E-state index contributed by atoms with van der Waals surface area (Å²) >= 11 is 1.53. The van der Waals surface area contributed by atoms with Gasteiger partial charge in [0.1, 0.15) is 0 Å². The van der Waals surface area contributed by atoms with Crippen LogP contribution in [0.1, 0.15) is 6.92 Å². The molecule has 1 aromatic carbocycles. The average molecular weight is 207 g/mol. The molecule has 14 heavy (non-hydrogen) atoms. The molecule has 74 valence electrons. The fourth-order valence-electron chi connectivity index (χ4n) is 0.856. The Kier molecular flexibility index (Phi) is 4.78. The number of benzene rings is 1. The minimum absolute atomic E-state index is 0.786. The van der Waals surface area contributed by atoms with Crippen LogP contribution in [0.5, 0.6) is 0 Å². The highest BCUT2D eigenvalue weighted by atomic mass is 32.2. The molecule has 0 atom stereocenters. The first-order valence-corrected chi connectivity index (χ1v) is 5.50. The van der Waals surface area contributed by atoms with Crippen molar-refractivity contribution in [1.82, 2.24) is 5.43 Å². The smallest absolute Gasteiger partial charge is 0.182 e. The van der Waals surface area contributed by atoms with Gasteiger partial charge < -0.3 is 0 Å². The molecule has 0 unspecified atom stereocenters. The van der Waals surface area contributed by atoms with Crippen molar-refractivity contribution in [3.05, 3.63) is 30.3 Å². The zero-order valence-corrected chi connectivity index (χ0v) is 9.08. The molecule has 0 heterocycles. The lowest BCUT2D eigenvalue weighted by Gasteiger charge is -2.00. The SMILES string of the molecule is C/C=N/NC(=Nc1ccccc1)SC. The van der Waals surface area contributed by atoms with E-state index in [0.717, 1.165) is 10.9 Å². The van der Waals surface area contributed by atoms with Crippen LogP contribution in [0.15, 0.2) is 40.4 Å². The Labute approximate surface area is 88.3 Å². The number of rotatable bonds is 2. The number of hydrogen-bond acceptors (Lipinski definition) is 3. The van der Waals surface area contributed by atoms with Crippen LogP contribution in [-0.2, 0) is 0 Å². The van der Waals surface area contributed by atoms with Crippen molar-refractivity contribution in [3.63, 3.8) is 0 Å². The van der Waals surface area contributed by atoms with E-state index in [4.69, 9.17) is 0 Å². The Morgan fingerprint density at radius 3 is 2.64 bits per heavy atom. The van der Waals surface area contributed by atoms with Crippen molar-refractivity contribution in [2.24, 2.45) is 10.1 Å². The van der Waals surface area contributed by atoms with Gasteiger partial charge in [-0.25, -0.2) is 4.99 Å². The average Bonchev–Trinajstić information content (AvgIpc) is 2.25. The van der Waals surface area contributed by atoms with Gasteiger partial charge in [0.05, 0.1) is 5.69 Å². The van der Waals surface area contributed by atoms with Crippen LogP contribution < -0.4 is 5.43 Å². The van der Waals surface area contributed by atoms with Crippen molar-refractivity contribution in [2.45, 2.75) is 6.92 Å². The zero-order chi connectivity index (χ0) is 10.2. The highest BCUT2D eigenvalue weighted by Crippen LogP contribution is 2.12. The fraction of sp³-hybridized carbons (Fsp3) is 0.200. The maximum atomic E-state index is 4.37. The Balaban J connectivity index is 2.73. The fourth-order valence-corrected chi connectivity index (χ4v) is 1.20. The van der Waals surface area contributed by atoms with Gasteiger partial charge in [-0.05, 0) is 25.3 Å². The number of nitrogens with zero attached hydrogens (tertiary/aromatic N) is 2. The number of nitrogens with one attached hydrogen (secondary N) is 1. The largest absolute Gasteiger partial charge is 0.256 e. The monoisotopic (exact) mass is 207 g/mol. The zero-order valence-electron chi connectivity index (χ0n) is 8.27. The van der Waals surface area contributed by atoms with Gasteiger partial charge >= 0.3 is 0 Å². The third kappa shape index (κ3) is 3.62. The lowest BCUT2D eigenvalue weighted by Crippen LogP contribution is -2.12. The standard InChI is InChI=1S/C10H13N3S/c1-3-11-13-10(14-2)12-9-7-5-4-6-8-9/h3-8H,1-2H3,(H,12,13)/b11-3+. The lowest BCUT2D eigenvalue weighted by molar-refractivity contribution is 1.05. The van der Waals surface area contributed by atoms with E-state index in [1.165, 1.54) is 11.8 Å². The maximum Gasteiger partial charge on any atom is 0.182 e. The summed E-state index contributed by atoms with van der Waals surface area (Å²) in [5.41, 5.74) is 3.78. The van der Waals surface area contributed by atoms with Gasteiger partial charge in [0, 0.05) is 6.21 Å². The Hall–Kier alpha value is -1.29. The summed E-state index contributed by atoms with van der Waals surface area (Å²) in [6.07, 6.45) is 3.65. The molecule has 0 aromatic heterocycles. The Morgan fingerprint density at radius 1 is 1.36 bits per heavy atom. The summed E-state index contributed by atoms with van der Waals surface area (Å²) in [4.78, 5) is 4.37. The molecule has 0 spiro atoms. The van der Waals surface area contributed by atoms with Crippen LogP contribution >= 0.6 is 11.8 Å². The topological polar surface area (TPSA) is 36.8 Å². The number of aliphatic imine (C=N–C) groups is 1. The highest BCUT2D eigenvalue weighted by molar-refractivity contribution is 8.13. The normalized spacial score (nSPS) is 12.0. The van der Waals surface area contributed by atoms with E-state index in [0.29, 0.717) is 0 Å². The van der Waals surface area contributed by atoms with Crippen LogP contribution in [0.2, 0.25) is 0 Å². The number of hydrogen-bond donors (Lipinski definition) is 1. The van der Waals surface area contributed by atoms with Gasteiger partial charge in [-0.2, -0.15) is 5.10 Å². The van der Waals surface area contributed by atoms with Crippen LogP contribution in [0.25, 0.3) is 0 Å². The van der Waals surface area contributed by atoms with Gasteiger partial charge in [-0.3, -0.25) is 5.43 Å². The molecule has 3 nitrogen and oxygen atoms in total. The van der Waals surface area contributed by atoms with Crippen LogP contribution in [0, 0.1) is 0 Å². The number of hydrazone groups is 1. The van der Waals surface area contributed by atoms with E-state index in [9.17, 15) is 0 Å². The van der Waals surface area contributed by atoms with Crippen molar-refractivity contribution in [1.29, 1.82) is 0 Å². The number of thioether (sulfide) groups is 1. The van der Waals surface area contributed by atoms with Crippen molar-refractivity contribution in [2.75, 3.05) is 6.26 Å². The van der Waals surface area contributed by atoms with Crippen molar-refractivity contribution >= 4 is 28.8 Å². The molecule has 0 bridgehead atoms. The van der Waals surface area contributed by atoms with Gasteiger partial charge in [0.2, 0.25) is 0 Å². The van der Waals surface area contributed by atoms with E-state index >= 15 is 0 Å². The second-order valence-electron chi connectivity index (χ2n) is 2.46. The van der Waals surface area contributed by atoms with Crippen molar-refractivity contribution in [3.8, 4) is 0 Å². The maximum absolute atomic E-state index is 4.37. The molecule has 0 aliphatic heterocycles.